The van der Waals surface area contributed by atoms with Crippen molar-refractivity contribution in [2.24, 2.45) is 0 Å². The Morgan fingerprint density at radius 2 is 1.35 bits per heavy atom. The molecular weight excluding hydrogens is 454 g/mol. The first-order valence-electron chi connectivity index (χ1n) is 13.7. The normalized spacial score (nSPS) is 15.5. The molecule has 0 bridgehead atoms. The number of hydrogen-bond acceptors (Lipinski definition) is 3. The summed E-state index contributed by atoms with van der Waals surface area (Å²) in [6.07, 6.45) is 0.957. The summed E-state index contributed by atoms with van der Waals surface area (Å²) in [5.41, 5.74) is 9.61. The molecule has 4 rings (SSSR count). The van der Waals surface area contributed by atoms with E-state index in [4.69, 9.17) is 9.47 Å². The van der Waals surface area contributed by atoms with E-state index < -0.39 is 0 Å². The Labute approximate surface area is 224 Å². The lowest BCUT2D eigenvalue weighted by Crippen LogP contribution is -2.27. The molecule has 196 valence electrons. The smallest absolute Gasteiger partial charge is 0.104 e. The molecule has 0 fully saturated rings. The van der Waals surface area contributed by atoms with Gasteiger partial charge >= 0.3 is 0 Å². The number of ether oxygens (including phenoxy) is 2. The van der Waals surface area contributed by atoms with E-state index in [1.165, 1.54) is 39.0 Å². The van der Waals surface area contributed by atoms with E-state index in [1.807, 2.05) is 0 Å². The Morgan fingerprint density at radius 1 is 0.730 bits per heavy atom. The summed E-state index contributed by atoms with van der Waals surface area (Å²) < 4.78 is 12.5. The largest absolute Gasteiger partial charge is 0.380 e. The molecule has 37 heavy (non-hydrogen) atoms. The van der Waals surface area contributed by atoms with Gasteiger partial charge in [-0.05, 0) is 64.6 Å². The Hall–Kier alpha value is -2.72. The summed E-state index contributed by atoms with van der Waals surface area (Å²) >= 11 is 0. The van der Waals surface area contributed by atoms with E-state index in [1.54, 1.807) is 0 Å². The van der Waals surface area contributed by atoms with Gasteiger partial charge in [-0.25, -0.2) is 0 Å². The van der Waals surface area contributed by atoms with Crippen molar-refractivity contribution in [1.29, 1.82) is 0 Å². The van der Waals surface area contributed by atoms with Crippen molar-refractivity contribution in [2.75, 3.05) is 26.4 Å². The molecule has 0 heterocycles. The molecule has 0 saturated carbocycles. The van der Waals surface area contributed by atoms with E-state index in [-0.39, 0.29) is 11.5 Å². The number of allylic oxidation sites excluding steroid dienone is 1. The van der Waals surface area contributed by atoms with Crippen LogP contribution < -0.4 is 0 Å². The summed E-state index contributed by atoms with van der Waals surface area (Å²) in [6.45, 7) is 16.2. The molecule has 0 N–H and O–H groups in total. The van der Waals surface area contributed by atoms with Crippen molar-refractivity contribution in [3.63, 3.8) is 0 Å². The molecule has 0 saturated heterocycles. The molecule has 0 aliphatic heterocycles. The maximum atomic E-state index is 6.42. The first kappa shape index (κ1) is 27.3. The summed E-state index contributed by atoms with van der Waals surface area (Å²) in [4.78, 5) is 2.46. The van der Waals surface area contributed by atoms with Crippen molar-refractivity contribution in [3.05, 3.63) is 112 Å². The van der Waals surface area contributed by atoms with Crippen LogP contribution in [-0.2, 0) is 28.0 Å². The predicted molar refractivity (Wildman–Crippen MR) is 155 cm³/mol. The third-order valence-corrected chi connectivity index (χ3v) is 7.31. The molecule has 1 aliphatic carbocycles. The van der Waals surface area contributed by atoms with Crippen molar-refractivity contribution in [2.45, 2.75) is 65.6 Å². The van der Waals surface area contributed by atoms with Gasteiger partial charge in [-0.3, -0.25) is 4.90 Å². The zero-order valence-corrected chi connectivity index (χ0v) is 23.3. The highest BCUT2D eigenvalue weighted by Gasteiger charge is 2.31. The molecular formula is C34H43NO2. The van der Waals surface area contributed by atoms with Crippen LogP contribution in [0.2, 0.25) is 0 Å². The average Bonchev–Trinajstić information content (AvgIpc) is 3.13. The van der Waals surface area contributed by atoms with Gasteiger partial charge in [-0.2, -0.15) is 0 Å². The van der Waals surface area contributed by atoms with Gasteiger partial charge in [0.25, 0.3) is 0 Å². The van der Waals surface area contributed by atoms with Crippen LogP contribution in [0.4, 0.5) is 0 Å². The molecule has 1 atom stereocenters. The molecule has 0 amide bonds. The third kappa shape index (κ3) is 7.19. The van der Waals surface area contributed by atoms with Crippen molar-refractivity contribution < 1.29 is 9.47 Å². The highest BCUT2D eigenvalue weighted by atomic mass is 16.5. The highest BCUT2D eigenvalue weighted by molar-refractivity contribution is 5.79. The van der Waals surface area contributed by atoms with Gasteiger partial charge in [-0.15, -0.1) is 0 Å². The van der Waals surface area contributed by atoms with Crippen LogP contribution >= 0.6 is 0 Å². The van der Waals surface area contributed by atoms with Gasteiger partial charge < -0.3 is 9.47 Å². The number of fused-ring (bicyclic) bond motifs is 1. The lowest BCUT2D eigenvalue weighted by atomic mass is 9.81. The number of hydrogen-bond donors (Lipinski definition) is 0. The summed E-state index contributed by atoms with van der Waals surface area (Å²) in [7, 11) is 0. The molecule has 0 radical (unpaired) electrons. The first-order valence-corrected chi connectivity index (χ1v) is 13.7. The second kappa shape index (κ2) is 12.7. The summed E-state index contributed by atoms with van der Waals surface area (Å²) in [5, 5.41) is 0. The topological polar surface area (TPSA) is 21.7 Å². The minimum Gasteiger partial charge on any atom is -0.380 e. The molecule has 3 nitrogen and oxygen atoms in total. The first-order chi connectivity index (χ1) is 17.8. The average molecular weight is 498 g/mol. The quantitative estimate of drug-likeness (QED) is 0.237. The fourth-order valence-electron chi connectivity index (χ4n) is 5.23. The predicted octanol–water partition coefficient (Wildman–Crippen LogP) is 7.96. The van der Waals surface area contributed by atoms with E-state index in [2.05, 4.69) is 118 Å². The summed E-state index contributed by atoms with van der Waals surface area (Å²) in [6, 6.07) is 28.0. The van der Waals surface area contributed by atoms with Crippen LogP contribution in [0.5, 0.6) is 0 Å². The third-order valence-electron chi connectivity index (χ3n) is 7.31. The molecule has 3 aromatic rings. The minimum absolute atomic E-state index is 0.0598. The van der Waals surface area contributed by atoms with Crippen LogP contribution in [0.3, 0.4) is 0 Å². The molecule has 1 unspecified atom stereocenters. The molecule has 3 heteroatoms. The van der Waals surface area contributed by atoms with Gasteiger partial charge in [0.15, 0.2) is 0 Å². The van der Waals surface area contributed by atoms with Gasteiger partial charge in [0.2, 0.25) is 0 Å². The van der Waals surface area contributed by atoms with Crippen molar-refractivity contribution >= 4 is 5.57 Å². The lowest BCUT2D eigenvalue weighted by molar-refractivity contribution is 0.0451. The fourth-order valence-corrected chi connectivity index (χ4v) is 5.23. The second-order valence-corrected chi connectivity index (χ2v) is 11.2. The molecule has 1 aliphatic rings. The molecule has 0 spiro atoms. The Morgan fingerprint density at radius 3 is 1.95 bits per heavy atom. The number of rotatable bonds is 12. The standard InChI is InChI=1S/C34H43NO2/c1-26-27(2)33(30-18-12-19-31(32(26)30)34(3,4)5)37-22-13-21-36-23-20-35(24-28-14-8-6-9-15-28)25-29-16-10-7-11-17-29/h6-12,14-19,33H,13,20-25H2,1-5H3. The Kier molecular flexibility index (Phi) is 9.37. The van der Waals surface area contributed by atoms with Crippen LogP contribution in [0.15, 0.2) is 84.4 Å². The number of nitrogens with zero attached hydrogens (tertiary/aromatic N) is 1. The van der Waals surface area contributed by atoms with Crippen LogP contribution in [0, 0.1) is 0 Å². The molecule has 3 aromatic carbocycles. The highest BCUT2D eigenvalue weighted by Crippen LogP contribution is 2.46. The van der Waals surface area contributed by atoms with Gasteiger partial charge in [-0.1, -0.05) is 99.6 Å². The van der Waals surface area contributed by atoms with Gasteiger partial charge in [0.05, 0.1) is 13.2 Å². The van der Waals surface area contributed by atoms with Crippen LogP contribution in [0.25, 0.3) is 5.57 Å². The lowest BCUT2D eigenvalue weighted by Gasteiger charge is -2.24. The van der Waals surface area contributed by atoms with Crippen LogP contribution in [0.1, 0.15) is 75.0 Å². The maximum absolute atomic E-state index is 6.42. The SMILES string of the molecule is CC1=C(C)C(OCCCOCCN(Cc2ccccc2)Cc2ccccc2)c2cccc(C(C)(C)C)c21. The van der Waals surface area contributed by atoms with E-state index in [9.17, 15) is 0 Å². The van der Waals surface area contributed by atoms with E-state index >= 15 is 0 Å². The van der Waals surface area contributed by atoms with E-state index in [0.717, 1.165) is 32.7 Å². The Balaban J connectivity index is 1.24. The maximum Gasteiger partial charge on any atom is 0.104 e. The monoisotopic (exact) mass is 497 g/mol. The minimum atomic E-state index is 0.0598. The molecule has 0 aromatic heterocycles. The van der Waals surface area contributed by atoms with Crippen molar-refractivity contribution in [3.8, 4) is 0 Å². The van der Waals surface area contributed by atoms with E-state index in [0.29, 0.717) is 13.2 Å². The van der Waals surface area contributed by atoms with Crippen LogP contribution in [-0.4, -0.2) is 31.3 Å². The fraction of sp³-hybridized carbons (Fsp3) is 0.412. The Bertz CT molecular complexity index is 1120. The van der Waals surface area contributed by atoms with Crippen molar-refractivity contribution in [1.82, 2.24) is 4.90 Å². The van der Waals surface area contributed by atoms with Gasteiger partial charge in [0, 0.05) is 26.2 Å². The number of benzene rings is 3. The zero-order chi connectivity index (χ0) is 26.3. The zero-order valence-electron chi connectivity index (χ0n) is 23.3. The summed E-state index contributed by atoms with van der Waals surface area (Å²) in [5.74, 6) is 0. The van der Waals surface area contributed by atoms with Gasteiger partial charge in [0.1, 0.15) is 6.10 Å². The second-order valence-electron chi connectivity index (χ2n) is 11.2.